The first-order valence-electron chi connectivity index (χ1n) is 9.65. The Bertz CT molecular complexity index is 662. The van der Waals surface area contributed by atoms with Crippen molar-refractivity contribution in [1.82, 2.24) is 10.2 Å². The van der Waals surface area contributed by atoms with Crippen molar-refractivity contribution < 1.29 is 18.7 Å². The Kier molecular flexibility index (Phi) is 6.66. The van der Waals surface area contributed by atoms with Crippen molar-refractivity contribution in [3.05, 3.63) is 30.1 Å². The van der Waals surface area contributed by atoms with Gasteiger partial charge in [0.15, 0.2) is 0 Å². The molecule has 2 aliphatic rings. The summed E-state index contributed by atoms with van der Waals surface area (Å²) >= 11 is 0. The number of amides is 2. The van der Waals surface area contributed by atoms with Gasteiger partial charge in [0.1, 0.15) is 5.82 Å². The first kappa shape index (κ1) is 19.6. The zero-order valence-corrected chi connectivity index (χ0v) is 15.8. The molecule has 3 rings (SSSR count). The van der Waals surface area contributed by atoms with E-state index in [-0.39, 0.29) is 29.6 Å². The highest BCUT2D eigenvalue weighted by atomic mass is 19.1. The van der Waals surface area contributed by atoms with Crippen molar-refractivity contribution in [2.45, 2.75) is 31.7 Å². The number of rotatable bonds is 6. The minimum absolute atomic E-state index is 0.0225. The summed E-state index contributed by atoms with van der Waals surface area (Å²) in [5.74, 6) is -0.254. The Morgan fingerprint density at radius 3 is 2.70 bits per heavy atom. The van der Waals surface area contributed by atoms with E-state index < -0.39 is 0 Å². The quantitative estimate of drug-likeness (QED) is 0.821. The summed E-state index contributed by atoms with van der Waals surface area (Å²) in [6.45, 7) is 2.90. The lowest BCUT2D eigenvalue weighted by molar-refractivity contribution is -0.139. The Morgan fingerprint density at radius 1 is 1.26 bits per heavy atom. The number of likely N-dealkylation sites (tertiary alicyclic amines) is 1. The number of nitrogens with zero attached hydrogens (tertiary/aromatic N) is 2. The van der Waals surface area contributed by atoms with Crippen LogP contribution in [0.4, 0.5) is 10.1 Å². The highest BCUT2D eigenvalue weighted by Crippen LogP contribution is 2.24. The van der Waals surface area contributed by atoms with Crippen LogP contribution in [0.25, 0.3) is 0 Å². The van der Waals surface area contributed by atoms with Crippen molar-refractivity contribution in [2.75, 3.05) is 44.8 Å². The molecule has 1 atom stereocenters. The highest BCUT2D eigenvalue weighted by Gasteiger charge is 2.31. The summed E-state index contributed by atoms with van der Waals surface area (Å²) in [5.41, 5.74) is 0.627. The second-order valence-corrected chi connectivity index (χ2v) is 7.29. The second-order valence-electron chi connectivity index (χ2n) is 7.29. The van der Waals surface area contributed by atoms with Gasteiger partial charge in [-0.15, -0.1) is 0 Å². The number of methoxy groups -OCH3 is 1. The van der Waals surface area contributed by atoms with Gasteiger partial charge in [-0.05, 0) is 31.4 Å². The van der Waals surface area contributed by atoms with Gasteiger partial charge in [-0.2, -0.15) is 0 Å². The lowest BCUT2D eigenvalue weighted by Crippen LogP contribution is -2.50. The predicted molar refractivity (Wildman–Crippen MR) is 101 cm³/mol. The summed E-state index contributed by atoms with van der Waals surface area (Å²) < 4.78 is 19.0. The molecule has 1 unspecified atom stereocenters. The third-order valence-electron chi connectivity index (χ3n) is 5.47. The number of anilines is 1. The van der Waals surface area contributed by atoms with E-state index in [4.69, 9.17) is 4.74 Å². The minimum atomic E-state index is -0.206. The maximum atomic E-state index is 13.9. The van der Waals surface area contributed by atoms with Crippen LogP contribution in [0.15, 0.2) is 24.3 Å². The second kappa shape index (κ2) is 9.17. The third kappa shape index (κ3) is 4.97. The molecule has 1 N–H and O–H groups in total. The molecule has 0 spiro atoms. The van der Waals surface area contributed by atoms with Gasteiger partial charge in [-0.3, -0.25) is 9.59 Å². The zero-order valence-electron chi connectivity index (χ0n) is 15.8. The van der Waals surface area contributed by atoms with Crippen LogP contribution in [0.1, 0.15) is 25.7 Å². The van der Waals surface area contributed by atoms with Crippen LogP contribution in [0.3, 0.4) is 0 Å². The Labute approximate surface area is 159 Å². The number of ether oxygens (including phenoxy) is 1. The topological polar surface area (TPSA) is 61.9 Å². The van der Waals surface area contributed by atoms with Crippen LogP contribution in [0.2, 0.25) is 0 Å². The number of carbonyl (C=O) groups is 2. The summed E-state index contributed by atoms with van der Waals surface area (Å²) in [6, 6.07) is 6.90. The van der Waals surface area contributed by atoms with Crippen LogP contribution in [-0.2, 0) is 14.3 Å². The van der Waals surface area contributed by atoms with Crippen molar-refractivity contribution in [2.24, 2.45) is 5.92 Å². The molecule has 0 radical (unpaired) electrons. The van der Waals surface area contributed by atoms with E-state index in [0.717, 1.165) is 25.9 Å². The van der Waals surface area contributed by atoms with Crippen LogP contribution in [0.5, 0.6) is 0 Å². The van der Waals surface area contributed by atoms with Crippen LogP contribution in [-0.4, -0.2) is 62.7 Å². The molecule has 2 heterocycles. The summed E-state index contributed by atoms with van der Waals surface area (Å²) in [4.78, 5) is 28.4. The lowest BCUT2D eigenvalue weighted by Gasteiger charge is -2.36. The first-order chi connectivity index (χ1) is 13.1. The molecular formula is C20H28FN3O3. The fourth-order valence-corrected chi connectivity index (χ4v) is 3.84. The molecule has 2 aliphatic heterocycles. The van der Waals surface area contributed by atoms with E-state index in [1.54, 1.807) is 24.1 Å². The number of nitrogens with one attached hydrogen (secondary N) is 1. The van der Waals surface area contributed by atoms with Crippen LogP contribution < -0.4 is 10.2 Å². The van der Waals surface area contributed by atoms with E-state index in [1.807, 2.05) is 11.0 Å². The van der Waals surface area contributed by atoms with Crippen molar-refractivity contribution in [3.8, 4) is 0 Å². The summed E-state index contributed by atoms with van der Waals surface area (Å²) in [5, 5.41) is 3.14. The Balaban J connectivity index is 1.48. The largest absolute Gasteiger partial charge is 0.383 e. The summed E-state index contributed by atoms with van der Waals surface area (Å²) in [7, 11) is 1.60. The molecule has 0 saturated carbocycles. The number of para-hydroxylation sites is 1. The molecule has 2 fully saturated rings. The predicted octanol–water partition coefficient (Wildman–Crippen LogP) is 1.80. The molecule has 2 saturated heterocycles. The molecule has 1 aromatic rings. The molecule has 27 heavy (non-hydrogen) atoms. The molecule has 7 heteroatoms. The van der Waals surface area contributed by atoms with Crippen molar-refractivity contribution in [1.29, 1.82) is 0 Å². The third-order valence-corrected chi connectivity index (χ3v) is 5.47. The number of hydrogen-bond acceptors (Lipinski definition) is 4. The smallest absolute Gasteiger partial charge is 0.225 e. The average molecular weight is 377 g/mol. The van der Waals surface area contributed by atoms with Crippen molar-refractivity contribution >= 4 is 17.5 Å². The molecule has 6 nitrogen and oxygen atoms in total. The standard InChI is InChI=1S/C20H28FN3O3/c1-27-13-12-24-14-15(6-7-19(24)25)20(26)22-16-8-10-23(11-9-16)18-5-3-2-4-17(18)21/h2-5,15-16H,6-14H2,1H3,(H,22,26). The van der Waals surface area contributed by atoms with Crippen LogP contribution in [0, 0.1) is 11.7 Å². The monoisotopic (exact) mass is 377 g/mol. The first-order valence-corrected chi connectivity index (χ1v) is 9.65. The molecule has 148 valence electrons. The van der Waals surface area contributed by atoms with Gasteiger partial charge in [0.25, 0.3) is 0 Å². The molecule has 0 bridgehead atoms. The van der Waals surface area contributed by atoms with Gasteiger partial charge in [0, 0.05) is 45.8 Å². The molecule has 1 aromatic carbocycles. The maximum Gasteiger partial charge on any atom is 0.225 e. The van der Waals surface area contributed by atoms with E-state index in [9.17, 15) is 14.0 Å². The van der Waals surface area contributed by atoms with Gasteiger partial charge in [0.2, 0.25) is 11.8 Å². The number of benzene rings is 1. The van der Waals surface area contributed by atoms with Crippen LogP contribution >= 0.6 is 0 Å². The van der Waals surface area contributed by atoms with Gasteiger partial charge >= 0.3 is 0 Å². The van der Waals surface area contributed by atoms with Crippen molar-refractivity contribution in [3.63, 3.8) is 0 Å². The van der Waals surface area contributed by atoms with Gasteiger partial charge in [0.05, 0.1) is 18.2 Å². The molecule has 0 aliphatic carbocycles. The maximum absolute atomic E-state index is 13.9. The number of carbonyl (C=O) groups excluding carboxylic acids is 2. The SMILES string of the molecule is COCCN1CC(C(=O)NC2CCN(c3ccccc3F)CC2)CCC1=O. The van der Waals surface area contributed by atoms with Gasteiger partial charge in [-0.1, -0.05) is 12.1 Å². The van der Waals surface area contributed by atoms with Gasteiger partial charge < -0.3 is 19.9 Å². The summed E-state index contributed by atoms with van der Waals surface area (Å²) in [6.07, 6.45) is 2.59. The normalized spacial score (nSPS) is 21.4. The van der Waals surface area contributed by atoms with Gasteiger partial charge in [-0.25, -0.2) is 4.39 Å². The fourth-order valence-electron chi connectivity index (χ4n) is 3.84. The fraction of sp³-hybridized carbons (Fsp3) is 0.600. The molecule has 0 aromatic heterocycles. The number of halogens is 1. The van der Waals surface area contributed by atoms with E-state index in [1.165, 1.54) is 6.07 Å². The zero-order chi connectivity index (χ0) is 19.2. The highest BCUT2D eigenvalue weighted by molar-refractivity contribution is 5.84. The molecular weight excluding hydrogens is 349 g/mol. The van der Waals surface area contributed by atoms with E-state index in [0.29, 0.717) is 38.2 Å². The number of hydrogen-bond donors (Lipinski definition) is 1. The average Bonchev–Trinajstić information content (AvgIpc) is 2.68. The lowest BCUT2D eigenvalue weighted by atomic mass is 9.95. The van der Waals surface area contributed by atoms with E-state index in [2.05, 4.69) is 5.32 Å². The Hall–Kier alpha value is -2.15. The number of piperidine rings is 2. The minimum Gasteiger partial charge on any atom is -0.383 e. The molecule has 2 amide bonds. The Morgan fingerprint density at radius 2 is 2.00 bits per heavy atom. The van der Waals surface area contributed by atoms with E-state index >= 15 is 0 Å².